The molecule has 1 atom stereocenters. The Morgan fingerprint density at radius 3 is 3.10 bits per heavy atom. The number of nitrogens with zero attached hydrogens (tertiary/aromatic N) is 1. The number of hydrogen-bond donors (Lipinski definition) is 0. The topological polar surface area (TPSA) is 12.5 Å². The van der Waals surface area contributed by atoms with E-state index in [9.17, 15) is 0 Å². The third kappa shape index (κ3) is 1.96. The summed E-state index contributed by atoms with van der Waals surface area (Å²) in [7, 11) is 0. The van der Waals surface area contributed by atoms with Crippen molar-refractivity contribution in [2.75, 3.05) is 26.3 Å². The van der Waals surface area contributed by atoms with Gasteiger partial charge in [0, 0.05) is 19.1 Å². The second-order valence-corrected chi connectivity index (χ2v) is 2.83. The number of rotatable bonds is 2. The third-order valence-electron chi connectivity index (χ3n) is 1.92. The van der Waals surface area contributed by atoms with E-state index in [0.717, 1.165) is 26.3 Å². The monoisotopic (exact) mass is 142 g/mol. The lowest BCUT2D eigenvalue weighted by atomic mass is 10.2. The Kier molecular flexibility index (Phi) is 3.16. The molecule has 1 saturated heterocycles. The van der Waals surface area contributed by atoms with Gasteiger partial charge in [-0.05, 0) is 13.3 Å². The van der Waals surface area contributed by atoms with Crippen LogP contribution < -0.4 is 0 Å². The normalized spacial score (nSPS) is 28.8. The van der Waals surface area contributed by atoms with Gasteiger partial charge < -0.3 is 4.74 Å². The zero-order valence-corrected chi connectivity index (χ0v) is 6.84. The molecule has 0 aliphatic carbocycles. The van der Waals surface area contributed by atoms with Crippen LogP contribution in [0, 0.1) is 6.42 Å². The lowest BCUT2D eigenvalue weighted by molar-refractivity contribution is 0.00396. The summed E-state index contributed by atoms with van der Waals surface area (Å²) in [6, 6.07) is 0.602. The van der Waals surface area contributed by atoms with Gasteiger partial charge in [-0.2, -0.15) is 0 Å². The Labute approximate surface area is 63.2 Å². The third-order valence-corrected chi connectivity index (χ3v) is 1.92. The maximum absolute atomic E-state index is 5.30. The fourth-order valence-electron chi connectivity index (χ4n) is 1.27. The predicted molar refractivity (Wildman–Crippen MR) is 41.8 cm³/mol. The molecule has 0 amide bonds. The molecule has 0 aromatic rings. The van der Waals surface area contributed by atoms with Gasteiger partial charge in [-0.25, -0.2) is 0 Å². The Hall–Kier alpha value is -0.0800. The summed E-state index contributed by atoms with van der Waals surface area (Å²) in [6.45, 7) is 8.30. The summed E-state index contributed by atoms with van der Waals surface area (Å²) in [6.07, 6.45) is 2.20. The number of ether oxygens (including phenoxy) is 1. The highest BCUT2D eigenvalue weighted by Gasteiger charge is 2.16. The van der Waals surface area contributed by atoms with E-state index in [2.05, 4.69) is 25.2 Å². The maximum Gasteiger partial charge on any atom is 0.0619 e. The van der Waals surface area contributed by atoms with Crippen molar-refractivity contribution < 1.29 is 4.74 Å². The molecule has 1 aliphatic rings. The van der Waals surface area contributed by atoms with Gasteiger partial charge in [-0.15, -0.1) is 0 Å². The molecule has 0 N–H and O–H groups in total. The molecule has 1 unspecified atom stereocenters. The minimum atomic E-state index is 0.602. The van der Waals surface area contributed by atoms with Crippen LogP contribution in [0.5, 0.6) is 0 Å². The Morgan fingerprint density at radius 2 is 2.50 bits per heavy atom. The van der Waals surface area contributed by atoms with Gasteiger partial charge in [-0.1, -0.05) is 6.92 Å². The lowest BCUT2D eigenvalue weighted by Gasteiger charge is -2.32. The van der Waals surface area contributed by atoms with Crippen LogP contribution in [0.1, 0.15) is 13.8 Å². The highest BCUT2D eigenvalue weighted by atomic mass is 16.5. The summed E-state index contributed by atoms with van der Waals surface area (Å²) in [5, 5.41) is 0. The second kappa shape index (κ2) is 3.94. The van der Waals surface area contributed by atoms with Crippen LogP contribution in [0.4, 0.5) is 0 Å². The van der Waals surface area contributed by atoms with Gasteiger partial charge >= 0.3 is 0 Å². The standard InChI is InChI=1S/C8H16NO/c1-3-4-9-5-6-10-7-8(9)2/h3,8H,4-7H2,1-2H3. The van der Waals surface area contributed by atoms with Gasteiger partial charge in [-0.3, -0.25) is 4.90 Å². The second-order valence-electron chi connectivity index (χ2n) is 2.83. The van der Waals surface area contributed by atoms with Crippen molar-refractivity contribution in [3.63, 3.8) is 0 Å². The van der Waals surface area contributed by atoms with Gasteiger partial charge in [0.2, 0.25) is 0 Å². The molecule has 0 spiro atoms. The van der Waals surface area contributed by atoms with Crippen molar-refractivity contribution in [1.29, 1.82) is 0 Å². The Morgan fingerprint density at radius 1 is 1.70 bits per heavy atom. The fraction of sp³-hybridized carbons (Fsp3) is 0.875. The lowest BCUT2D eigenvalue weighted by Crippen LogP contribution is -2.43. The van der Waals surface area contributed by atoms with E-state index in [1.54, 1.807) is 0 Å². The highest BCUT2D eigenvalue weighted by molar-refractivity contribution is 4.74. The molecule has 0 saturated carbocycles. The van der Waals surface area contributed by atoms with Crippen LogP contribution in [0.25, 0.3) is 0 Å². The number of morpholine rings is 1. The van der Waals surface area contributed by atoms with Crippen LogP contribution >= 0.6 is 0 Å². The van der Waals surface area contributed by atoms with E-state index in [4.69, 9.17) is 4.74 Å². The van der Waals surface area contributed by atoms with E-state index in [1.165, 1.54) is 0 Å². The van der Waals surface area contributed by atoms with E-state index < -0.39 is 0 Å². The first kappa shape index (κ1) is 8.02. The van der Waals surface area contributed by atoms with Crippen molar-refractivity contribution in [2.24, 2.45) is 0 Å². The minimum Gasteiger partial charge on any atom is -0.379 e. The summed E-state index contributed by atoms with van der Waals surface area (Å²) in [4.78, 5) is 2.43. The molecule has 0 bridgehead atoms. The quantitative estimate of drug-likeness (QED) is 0.568. The first-order valence-electron chi connectivity index (χ1n) is 3.94. The molecule has 59 valence electrons. The zero-order valence-electron chi connectivity index (χ0n) is 6.84. The molecule has 10 heavy (non-hydrogen) atoms. The Balaban J connectivity index is 2.25. The van der Waals surface area contributed by atoms with E-state index in [0.29, 0.717) is 6.04 Å². The molecule has 2 nitrogen and oxygen atoms in total. The average molecular weight is 142 g/mol. The summed E-state index contributed by atoms with van der Waals surface area (Å²) in [5.74, 6) is 0. The number of hydrogen-bond acceptors (Lipinski definition) is 2. The SMILES string of the molecule is C[CH]CN1CCOCC1C. The zero-order chi connectivity index (χ0) is 7.40. The van der Waals surface area contributed by atoms with Crippen molar-refractivity contribution >= 4 is 0 Å². The molecular formula is C8H16NO. The molecular weight excluding hydrogens is 126 g/mol. The smallest absolute Gasteiger partial charge is 0.0619 e. The highest BCUT2D eigenvalue weighted by Crippen LogP contribution is 2.05. The van der Waals surface area contributed by atoms with Crippen molar-refractivity contribution in [3.8, 4) is 0 Å². The van der Waals surface area contributed by atoms with Crippen molar-refractivity contribution in [3.05, 3.63) is 6.42 Å². The average Bonchev–Trinajstić information content (AvgIpc) is 1.94. The molecule has 1 rings (SSSR count). The van der Waals surface area contributed by atoms with Crippen LogP contribution in [0.15, 0.2) is 0 Å². The van der Waals surface area contributed by atoms with Crippen molar-refractivity contribution in [1.82, 2.24) is 4.90 Å². The van der Waals surface area contributed by atoms with Crippen molar-refractivity contribution in [2.45, 2.75) is 19.9 Å². The van der Waals surface area contributed by atoms with E-state index >= 15 is 0 Å². The molecule has 1 radical (unpaired) electrons. The maximum atomic E-state index is 5.30. The van der Waals surface area contributed by atoms with Crippen LogP contribution in [0.3, 0.4) is 0 Å². The minimum absolute atomic E-state index is 0.602. The first-order chi connectivity index (χ1) is 4.84. The first-order valence-corrected chi connectivity index (χ1v) is 3.94. The summed E-state index contributed by atoms with van der Waals surface area (Å²) in [5.41, 5.74) is 0. The van der Waals surface area contributed by atoms with Gasteiger partial charge in [0.15, 0.2) is 0 Å². The predicted octanol–water partition coefficient (Wildman–Crippen LogP) is 0.931. The molecule has 0 aromatic heterocycles. The summed E-state index contributed by atoms with van der Waals surface area (Å²) < 4.78 is 5.30. The Bertz CT molecular complexity index is 93.3. The van der Waals surface area contributed by atoms with Gasteiger partial charge in [0.25, 0.3) is 0 Å². The van der Waals surface area contributed by atoms with Crippen LogP contribution in [-0.2, 0) is 4.74 Å². The molecule has 2 heteroatoms. The van der Waals surface area contributed by atoms with Gasteiger partial charge in [0.05, 0.1) is 13.2 Å². The molecule has 1 aliphatic heterocycles. The van der Waals surface area contributed by atoms with E-state index in [-0.39, 0.29) is 0 Å². The van der Waals surface area contributed by atoms with Crippen LogP contribution in [-0.4, -0.2) is 37.2 Å². The van der Waals surface area contributed by atoms with Gasteiger partial charge in [0.1, 0.15) is 0 Å². The van der Waals surface area contributed by atoms with E-state index in [1.807, 2.05) is 0 Å². The molecule has 1 heterocycles. The largest absolute Gasteiger partial charge is 0.379 e. The summed E-state index contributed by atoms with van der Waals surface area (Å²) >= 11 is 0. The van der Waals surface area contributed by atoms with Crippen LogP contribution in [0.2, 0.25) is 0 Å². The molecule has 1 fully saturated rings. The molecule has 0 aromatic carbocycles. The fourth-order valence-corrected chi connectivity index (χ4v) is 1.27.